The lowest BCUT2D eigenvalue weighted by Crippen LogP contribution is -2.32. The largest absolute Gasteiger partial charge is 0.329 e. The van der Waals surface area contributed by atoms with Crippen LogP contribution in [0.3, 0.4) is 0 Å². The molecule has 126 valence electrons. The summed E-state index contributed by atoms with van der Waals surface area (Å²) in [6.07, 6.45) is 4.08. The Balaban J connectivity index is 1.54. The maximum atomic E-state index is 14.1. The van der Waals surface area contributed by atoms with E-state index < -0.39 is 0 Å². The minimum atomic E-state index is -0.238. The Labute approximate surface area is 146 Å². The van der Waals surface area contributed by atoms with Gasteiger partial charge in [-0.2, -0.15) is 5.26 Å². The van der Waals surface area contributed by atoms with Crippen LogP contribution in [-0.4, -0.2) is 27.0 Å². The molecule has 0 bridgehead atoms. The average Bonchev–Trinajstić information content (AvgIpc) is 3.25. The fraction of sp³-hybridized carbons (Fsp3) is 0.300. The number of halogens is 1. The van der Waals surface area contributed by atoms with E-state index in [1.54, 1.807) is 6.07 Å². The van der Waals surface area contributed by atoms with E-state index in [1.165, 1.54) is 12.1 Å². The van der Waals surface area contributed by atoms with Crippen molar-refractivity contribution in [2.24, 2.45) is 0 Å². The summed E-state index contributed by atoms with van der Waals surface area (Å²) in [7, 11) is 0. The third-order valence-corrected chi connectivity index (χ3v) is 4.98. The Bertz CT molecular complexity index is 940. The molecule has 1 aliphatic heterocycles. The highest BCUT2D eigenvalue weighted by atomic mass is 19.1. The van der Waals surface area contributed by atoms with Crippen LogP contribution in [0.2, 0.25) is 0 Å². The van der Waals surface area contributed by atoms with Gasteiger partial charge in [0.2, 0.25) is 0 Å². The second-order valence-electron chi connectivity index (χ2n) is 6.57. The van der Waals surface area contributed by atoms with Crippen LogP contribution in [0.5, 0.6) is 0 Å². The van der Waals surface area contributed by atoms with Gasteiger partial charge in [0.05, 0.1) is 29.0 Å². The van der Waals surface area contributed by atoms with Gasteiger partial charge in [0.25, 0.3) is 0 Å². The predicted octanol–water partition coefficient (Wildman–Crippen LogP) is 3.71. The van der Waals surface area contributed by atoms with Crippen LogP contribution < -0.4 is 0 Å². The van der Waals surface area contributed by atoms with Crippen molar-refractivity contribution in [2.45, 2.75) is 32.0 Å². The highest BCUT2D eigenvalue weighted by Crippen LogP contribution is 2.24. The molecule has 1 atom stereocenters. The first-order valence-corrected chi connectivity index (χ1v) is 8.57. The summed E-state index contributed by atoms with van der Waals surface area (Å²) in [4.78, 5) is 6.77. The van der Waals surface area contributed by atoms with Gasteiger partial charge in [-0.25, -0.2) is 9.37 Å². The number of hydrogen-bond acceptors (Lipinski definition) is 3. The fourth-order valence-corrected chi connectivity index (χ4v) is 3.68. The van der Waals surface area contributed by atoms with Crippen molar-refractivity contribution >= 4 is 11.0 Å². The van der Waals surface area contributed by atoms with Crippen LogP contribution in [-0.2, 0) is 13.1 Å². The second kappa shape index (κ2) is 6.66. The molecule has 0 aliphatic carbocycles. The summed E-state index contributed by atoms with van der Waals surface area (Å²) in [6, 6.07) is 15.1. The van der Waals surface area contributed by atoms with Gasteiger partial charge in [-0.05, 0) is 49.7 Å². The maximum Gasteiger partial charge on any atom is 0.127 e. The van der Waals surface area contributed by atoms with Crippen LogP contribution in [0.25, 0.3) is 11.0 Å². The lowest BCUT2D eigenvalue weighted by molar-refractivity contribution is 0.223. The van der Waals surface area contributed by atoms with Gasteiger partial charge in [0.15, 0.2) is 0 Å². The van der Waals surface area contributed by atoms with E-state index in [4.69, 9.17) is 5.26 Å². The normalized spacial score (nSPS) is 17.8. The molecule has 4 nitrogen and oxygen atoms in total. The van der Waals surface area contributed by atoms with Crippen molar-refractivity contribution in [3.05, 3.63) is 65.7 Å². The Morgan fingerprint density at radius 1 is 1.24 bits per heavy atom. The third-order valence-electron chi connectivity index (χ3n) is 4.98. The molecule has 0 unspecified atom stereocenters. The lowest BCUT2D eigenvalue weighted by atomic mass is 10.1. The molecule has 1 saturated heterocycles. The predicted molar refractivity (Wildman–Crippen MR) is 94.3 cm³/mol. The first kappa shape index (κ1) is 15.8. The number of likely N-dealkylation sites (tertiary alicyclic amines) is 1. The molecule has 4 rings (SSSR count). The van der Waals surface area contributed by atoms with Crippen molar-refractivity contribution in [3.8, 4) is 6.07 Å². The van der Waals surface area contributed by atoms with E-state index in [0.717, 1.165) is 37.0 Å². The van der Waals surface area contributed by atoms with Crippen molar-refractivity contribution in [2.75, 3.05) is 6.54 Å². The zero-order chi connectivity index (χ0) is 17.2. The average molecular weight is 334 g/mol. The van der Waals surface area contributed by atoms with Gasteiger partial charge >= 0.3 is 0 Å². The van der Waals surface area contributed by atoms with Gasteiger partial charge in [-0.1, -0.05) is 12.1 Å². The Kier molecular flexibility index (Phi) is 4.21. The van der Waals surface area contributed by atoms with Gasteiger partial charge in [-0.3, -0.25) is 4.90 Å². The van der Waals surface area contributed by atoms with E-state index in [9.17, 15) is 4.39 Å². The Hall–Kier alpha value is -2.71. The van der Waals surface area contributed by atoms with Crippen LogP contribution in [0, 0.1) is 17.1 Å². The van der Waals surface area contributed by atoms with E-state index in [-0.39, 0.29) is 5.82 Å². The molecule has 0 saturated carbocycles. The number of benzene rings is 2. The van der Waals surface area contributed by atoms with Crippen molar-refractivity contribution < 1.29 is 4.39 Å². The highest BCUT2D eigenvalue weighted by molar-refractivity contribution is 5.74. The van der Waals surface area contributed by atoms with Crippen LogP contribution >= 0.6 is 0 Å². The first-order valence-electron chi connectivity index (χ1n) is 8.57. The van der Waals surface area contributed by atoms with E-state index in [0.29, 0.717) is 23.7 Å². The smallest absolute Gasteiger partial charge is 0.127 e. The van der Waals surface area contributed by atoms with Gasteiger partial charge < -0.3 is 4.57 Å². The second-order valence-corrected chi connectivity index (χ2v) is 6.57. The van der Waals surface area contributed by atoms with E-state index >= 15 is 0 Å². The van der Waals surface area contributed by atoms with Crippen molar-refractivity contribution in [3.63, 3.8) is 0 Å². The molecule has 0 N–H and O–H groups in total. The molecule has 0 spiro atoms. The summed E-state index contributed by atoms with van der Waals surface area (Å²) >= 11 is 0. The van der Waals surface area contributed by atoms with E-state index in [1.807, 2.05) is 24.5 Å². The number of para-hydroxylation sites is 2. The topological polar surface area (TPSA) is 44.9 Å². The van der Waals surface area contributed by atoms with Crippen LogP contribution in [0.1, 0.15) is 24.0 Å². The molecule has 1 fully saturated rings. The molecule has 5 heteroatoms. The summed E-state index contributed by atoms with van der Waals surface area (Å²) in [6.45, 7) is 2.34. The zero-order valence-corrected chi connectivity index (χ0v) is 13.9. The summed E-state index contributed by atoms with van der Waals surface area (Å²) in [5, 5.41) is 9.04. The molecule has 0 radical (unpaired) electrons. The summed E-state index contributed by atoms with van der Waals surface area (Å²) in [5.74, 6) is -0.238. The molecule has 1 aromatic heterocycles. The maximum absolute atomic E-state index is 14.1. The van der Waals surface area contributed by atoms with Gasteiger partial charge in [0.1, 0.15) is 5.82 Å². The Morgan fingerprint density at radius 3 is 3.00 bits per heavy atom. The Morgan fingerprint density at radius 2 is 2.12 bits per heavy atom. The fourth-order valence-electron chi connectivity index (χ4n) is 3.68. The quantitative estimate of drug-likeness (QED) is 0.730. The molecular formula is C20H19FN4. The number of aromatic nitrogens is 2. The molecule has 3 aromatic rings. The molecule has 0 amide bonds. The molecule has 2 heterocycles. The molecule has 2 aromatic carbocycles. The number of nitrogens with zero attached hydrogens (tertiary/aromatic N) is 4. The number of imidazole rings is 1. The molecule has 25 heavy (non-hydrogen) atoms. The summed E-state index contributed by atoms with van der Waals surface area (Å²) < 4.78 is 16.3. The zero-order valence-electron chi connectivity index (χ0n) is 13.9. The van der Waals surface area contributed by atoms with Crippen LogP contribution in [0.15, 0.2) is 48.8 Å². The van der Waals surface area contributed by atoms with Gasteiger partial charge in [0, 0.05) is 24.7 Å². The minimum Gasteiger partial charge on any atom is -0.329 e. The number of hydrogen-bond donors (Lipinski definition) is 0. The summed E-state index contributed by atoms with van der Waals surface area (Å²) in [5.41, 5.74) is 3.24. The minimum absolute atomic E-state index is 0.238. The van der Waals surface area contributed by atoms with Gasteiger partial charge in [-0.15, -0.1) is 0 Å². The first-order chi connectivity index (χ1) is 12.2. The van der Waals surface area contributed by atoms with Crippen LogP contribution in [0.4, 0.5) is 4.39 Å². The molecular weight excluding hydrogens is 315 g/mol. The standard InChI is InChI=1S/C20H19FN4/c21-18-8-7-15(11-22)10-16(18)12-24-9-3-4-17(24)13-25-14-23-19-5-1-2-6-20(19)25/h1-2,5-8,10,14,17H,3-4,9,12-13H2/t17-/m1/s1. The lowest BCUT2D eigenvalue weighted by Gasteiger charge is -2.25. The number of rotatable bonds is 4. The van der Waals surface area contributed by atoms with Crippen molar-refractivity contribution in [1.29, 1.82) is 5.26 Å². The van der Waals surface area contributed by atoms with Crippen molar-refractivity contribution in [1.82, 2.24) is 14.5 Å². The monoisotopic (exact) mass is 334 g/mol. The number of fused-ring (bicyclic) bond motifs is 1. The SMILES string of the molecule is N#Cc1ccc(F)c(CN2CCC[C@@H]2Cn2cnc3ccccc32)c1. The molecule has 1 aliphatic rings. The number of nitriles is 1. The third kappa shape index (κ3) is 3.13. The van der Waals surface area contributed by atoms with E-state index in [2.05, 4.69) is 26.6 Å². The highest BCUT2D eigenvalue weighted by Gasteiger charge is 2.26.